The van der Waals surface area contributed by atoms with E-state index in [1.54, 1.807) is 12.4 Å². The maximum Gasteiger partial charge on any atom is 0.164 e. The normalized spacial score (nSPS) is 9.64. The van der Waals surface area contributed by atoms with Crippen LogP contribution in [0.4, 0.5) is 0 Å². The number of carbonyl (C=O) groups excluding carboxylic acids is 1. The summed E-state index contributed by atoms with van der Waals surface area (Å²) in [5.41, 5.74) is 1.75. The van der Waals surface area contributed by atoms with Crippen molar-refractivity contribution in [1.29, 1.82) is 0 Å². The fourth-order valence-electron chi connectivity index (χ4n) is 0.946. The molecular weight excluding hydrogens is 138 g/mol. The number of carbonyl (C=O) groups is 1. The number of aryl methyl sites for hydroxylation is 1. The second-order valence-electron chi connectivity index (χ2n) is 2.47. The first-order chi connectivity index (χ1) is 5.25. The van der Waals surface area contributed by atoms with E-state index in [1.165, 1.54) is 0 Å². The van der Waals surface area contributed by atoms with E-state index in [4.69, 9.17) is 0 Å². The Morgan fingerprint density at radius 2 is 2.36 bits per heavy atom. The summed E-state index contributed by atoms with van der Waals surface area (Å²) in [6.07, 6.45) is 3.87. The number of rotatable bonds is 2. The first-order valence-electron chi connectivity index (χ1n) is 3.69. The van der Waals surface area contributed by atoms with Crippen molar-refractivity contribution in [2.24, 2.45) is 0 Å². The zero-order chi connectivity index (χ0) is 8.27. The van der Waals surface area contributed by atoms with Gasteiger partial charge in [0.05, 0.1) is 0 Å². The summed E-state index contributed by atoms with van der Waals surface area (Å²) in [4.78, 5) is 15.1. The molecule has 0 atom stereocenters. The number of nitrogens with zero attached hydrogens (tertiary/aromatic N) is 1. The maximum atomic E-state index is 11.2. The smallest absolute Gasteiger partial charge is 0.164 e. The van der Waals surface area contributed by atoms with Crippen LogP contribution in [0.25, 0.3) is 0 Å². The summed E-state index contributed by atoms with van der Waals surface area (Å²) < 4.78 is 0. The molecule has 11 heavy (non-hydrogen) atoms. The Morgan fingerprint density at radius 3 is 2.91 bits per heavy atom. The van der Waals surface area contributed by atoms with E-state index in [0.717, 1.165) is 11.1 Å². The minimum Gasteiger partial charge on any atom is -0.294 e. The monoisotopic (exact) mass is 149 g/mol. The summed E-state index contributed by atoms with van der Waals surface area (Å²) in [6, 6.07) is 1.85. The molecule has 0 aliphatic carbocycles. The van der Waals surface area contributed by atoms with Crippen LogP contribution in [0.1, 0.15) is 29.3 Å². The van der Waals surface area contributed by atoms with Crippen LogP contribution in [0, 0.1) is 6.92 Å². The van der Waals surface area contributed by atoms with Crippen molar-refractivity contribution in [3.05, 3.63) is 29.6 Å². The number of hydrogen-bond acceptors (Lipinski definition) is 2. The third-order valence-electron chi connectivity index (χ3n) is 1.66. The maximum absolute atomic E-state index is 11.2. The van der Waals surface area contributed by atoms with Gasteiger partial charge in [-0.05, 0) is 18.6 Å². The lowest BCUT2D eigenvalue weighted by Crippen LogP contribution is -1.99. The quantitative estimate of drug-likeness (QED) is 0.602. The Morgan fingerprint density at radius 1 is 1.64 bits per heavy atom. The molecule has 0 saturated heterocycles. The number of Topliss-reactive ketones (excluding diaryl/α,β-unsaturated/α-hetero) is 1. The molecule has 58 valence electrons. The second kappa shape index (κ2) is 3.28. The molecule has 0 amide bonds. The fraction of sp³-hybridized carbons (Fsp3) is 0.333. The second-order valence-corrected chi connectivity index (χ2v) is 2.47. The molecule has 1 aromatic heterocycles. The van der Waals surface area contributed by atoms with Gasteiger partial charge in [0.1, 0.15) is 0 Å². The molecule has 2 nitrogen and oxygen atoms in total. The lowest BCUT2D eigenvalue weighted by molar-refractivity contribution is 0.0987. The Labute approximate surface area is 66.3 Å². The number of ketones is 1. The Hall–Kier alpha value is -1.18. The van der Waals surface area contributed by atoms with Crippen molar-refractivity contribution in [1.82, 2.24) is 4.98 Å². The van der Waals surface area contributed by atoms with Gasteiger partial charge in [-0.25, -0.2) is 0 Å². The van der Waals surface area contributed by atoms with E-state index in [1.807, 2.05) is 19.9 Å². The molecule has 0 spiro atoms. The summed E-state index contributed by atoms with van der Waals surface area (Å²) in [5, 5.41) is 0. The number of hydrogen-bond donors (Lipinski definition) is 0. The van der Waals surface area contributed by atoms with Crippen molar-refractivity contribution >= 4 is 5.78 Å². The van der Waals surface area contributed by atoms with E-state index in [9.17, 15) is 4.79 Å². The number of aromatic nitrogens is 1. The first kappa shape index (κ1) is 7.92. The highest BCUT2D eigenvalue weighted by Crippen LogP contribution is 2.06. The zero-order valence-electron chi connectivity index (χ0n) is 6.79. The van der Waals surface area contributed by atoms with Gasteiger partial charge in [-0.3, -0.25) is 9.78 Å². The Bertz CT molecular complexity index is 268. The lowest BCUT2D eigenvalue weighted by Gasteiger charge is -1.99. The van der Waals surface area contributed by atoms with Gasteiger partial charge < -0.3 is 0 Å². The van der Waals surface area contributed by atoms with Gasteiger partial charge in [0.25, 0.3) is 0 Å². The van der Waals surface area contributed by atoms with Crippen LogP contribution in [0.15, 0.2) is 18.5 Å². The Kier molecular flexibility index (Phi) is 2.36. The van der Waals surface area contributed by atoms with Crippen molar-refractivity contribution in [3.8, 4) is 0 Å². The van der Waals surface area contributed by atoms with E-state index in [2.05, 4.69) is 4.98 Å². The van der Waals surface area contributed by atoms with Crippen molar-refractivity contribution in [2.75, 3.05) is 0 Å². The highest BCUT2D eigenvalue weighted by atomic mass is 16.1. The van der Waals surface area contributed by atoms with Gasteiger partial charge >= 0.3 is 0 Å². The summed E-state index contributed by atoms with van der Waals surface area (Å²) in [5.74, 6) is 0.163. The molecule has 0 aliphatic rings. The molecular formula is C9H11NO. The molecule has 0 aromatic carbocycles. The number of pyridine rings is 1. The molecule has 0 saturated carbocycles. The van der Waals surface area contributed by atoms with Crippen molar-refractivity contribution < 1.29 is 4.79 Å². The van der Waals surface area contributed by atoms with Crippen molar-refractivity contribution in [3.63, 3.8) is 0 Å². The zero-order valence-corrected chi connectivity index (χ0v) is 6.79. The summed E-state index contributed by atoms with van der Waals surface area (Å²) in [7, 11) is 0. The molecule has 0 radical (unpaired) electrons. The van der Waals surface area contributed by atoms with E-state index in [0.29, 0.717) is 6.42 Å². The largest absolute Gasteiger partial charge is 0.294 e. The third-order valence-corrected chi connectivity index (χ3v) is 1.66. The molecule has 1 aromatic rings. The van der Waals surface area contributed by atoms with E-state index >= 15 is 0 Å². The van der Waals surface area contributed by atoms with Crippen LogP contribution in [0.5, 0.6) is 0 Å². The fourth-order valence-corrected chi connectivity index (χ4v) is 0.946. The highest BCUT2D eigenvalue weighted by Gasteiger charge is 2.04. The minimum absolute atomic E-state index is 0.163. The average molecular weight is 149 g/mol. The van der Waals surface area contributed by atoms with E-state index < -0.39 is 0 Å². The molecule has 0 unspecified atom stereocenters. The van der Waals surface area contributed by atoms with Crippen molar-refractivity contribution in [2.45, 2.75) is 20.3 Å². The molecule has 1 heterocycles. The van der Waals surface area contributed by atoms with Gasteiger partial charge in [0, 0.05) is 24.4 Å². The topological polar surface area (TPSA) is 30.0 Å². The van der Waals surface area contributed by atoms with Crippen LogP contribution in [-0.2, 0) is 0 Å². The molecule has 1 rings (SSSR count). The van der Waals surface area contributed by atoms with Crippen LogP contribution in [-0.4, -0.2) is 10.8 Å². The van der Waals surface area contributed by atoms with E-state index in [-0.39, 0.29) is 5.78 Å². The van der Waals surface area contributed by atoms with Gasteiger partial charge in [0.2, 0.25) is 0 Å². The molecule has 2 heteroatoms. The highest BCUT2D eigenvalue weighted by molar-refractivity contribution is 5.96. The van der Waals surface area contributed by atoms with Gasteiger partial charge in [0.15, 0.2) is 5.78 Å². The molecule has 0 N–H and O–H groups in total. The lowest BCUT2D eigenvalue weighted by atomic mass is 10.1. The van der Waals surface area contributed by atoms with Gasteiger partial charge in [-0.15, -0.1) is 0 Å². The molecule has 0 bridgehead atoms. The summed E-state index contributed by atoms with van der Waals surface area (Å²) in [6.45, 7) is 3.78. The van der Waals surface area contributed by atoms with Crippen LogP contribution < -0.4 is 0 Å². The van der Waals surface area contributed by atoms with Crippen LogP contribution in [0.2, 0.25) is 0 Å². The SMILES string of the molecule is CCC(=O)c1cnccc1C. The average Bonchev–Trinajstić information content (AvgIpc) is 2.04. The third kappa shape index (κ3) is 1.64. The van der Waals surface area contributed by atoms with Crippen LogP contribution >= 0.6 is 0 Å². The molecule has 0 fully saturated rings. The van der Waals surface area contributed by atoms with Gasteiger partial charge in [-0.2, -0.15) is 0 Å². The first-order valence-corrected chi connectivity index (χ1v) is 3.69. The predicted octanol–water partition coefficient (Wildman–Crippen LogP) is 1.98. The summed E-state index contributed by atoms with van der Waals surface area (Å²) >= 11 is 0. The minimum atomic E-state index is 0.163. The standard InChI is InChI=1S/C9H11NO/c1-3-9(11)8-6-10-5-4-7(8)2/h4-6H,3H2,1-2H3. The van der Waals surface area contributed by atoms with Crippen LogP contribution in [0.3, 0.4) is 0 Å². The molecule has 0 aliphatic heterocycles. The predicted molar refractivity (Wildman–Crippen MR) is 43.6 cm³/mol. The Balaban J connectivity index is 3.03. The van der Waals surface area contributed by atoms with Gasteiger partial charge in [-0.1, -0.05) is 6.92 Å².